The van der Waals surface area contributed by atoms with Crippen molar-refractivity contribution in [2.75, 3.05) is 7.11 Å². The summed E-state index contributed by atoms with van der Waals surface area (Å²) < 4.78 is 4.65. The van der Waals surface area contributed by atoms with Gasteiger partial charge in [0.25, 0.3) is 0 Å². The monoisotopic (exact) mass is 267 g/mol. The minimum Gasteiger partial charge on any atom is -0.464 e. The highest BCUT2D eigenvalue weighted by atomic mass is 16.5. The first-order chi connectivity index (χ1) is 9.67. The minimum atomic E-state index is -0.429. The van der Waals surface area contributed by atoms with Gasteiger partial charge >= 0.3 is 5.97 Å². The van der Waals surface area contributed by atoms with E-state index in [0.717, 1.165) is 22.2 Å². The van der Waals surface area contributed by atoms with Crippen molar-refractivity contribution < 1.29 is 9.53 Å². The molecule has 1 aromatic carbocycles. The number of methoxy groups -OCH3 is 1. The van der Waals surface area contributed by atoms with Gasteiger partial charge in [-0.2, -0.15) is 0 Å². The van der Waals surface area contributed by atoms with E-state index in [9.17, 15) is 4.79 Å². The van der Waals surface area contributed by atoms with Gasteiger partial charge in [0.15, 0.2) is 0 Å². The van der Waals surface area contributed by atoms with Crippen molar-refractivity contribution in [2.45, 2.75) is 6.92 Å². The van der Waals surface area contributed by atoms with Crippen molar-refractivity contribution in [3.8, 4) is 11.4 Å². The van der Waals surface area contributed by atoms with Crippen LogP contribution in [0.5, 0.6) is 0 Å². The molecule has 0 amide bonds. The van der Waals surface area contributed by atoms with Gasteiger partial charge in [-0.1, -0.05) is 6.07 Å². The number of aryl methyl sites for hydroxylation is 1. The van der Waals surface area contributed by atoms with Crippen LogP contribution >= 0.6 is 0 Å². The molecule has 3 aromatic rings. The van der Waals surface area contributed by atoms with Crippen molar-refractivity contribution >= 4 is 16.9 Å². The van der Waals surface area contributed by atoms with Gasteiger partial charge in [-0.05, 0) is 31.2 Å². The molecule has 5 heteroatoms. The van der Waals surface area contributed by atoms with E-state index in [1.165, 1.54) is 13.3 Å². The number of hydrogen-bond acceptors (Lipinski definition) is 4. The van der Waals surface area contributed by atoms with Crippen LogP contribution in [0.3, 0.4) is 0 Å². The molecule has 0 atom stereocenters. The molecule has 0 aliphatic rings. The summed E-state index contributed by atoms with van der Waals surface area (Å²) in [5.41, 5.74) is 3.16. The van der Waals surface area contributed by atoms with E-state index in [1.54, 1.807) is 0 Å². The van der Waals surface area contributed by atoms with E-state index in [2.05, 4.69) is 19.7 Å². The van der Waals surface area contributed by atoms with Crippen LogP contribution in [0.2, 0.25) is 0 Å². The van der Waals surface area contributed by atoms with E-state index in [1.807, 2.05) is 37.3 Å². The molecule has 20 heavy (non-hydrogen) atoms. The molecule has 2 heterocycles. The molecule has 0 aliphatic heterocycles. The van der Waals surface area contributed by atoms with Gasteiger partial charge in [-0.15, -0.1) is 0 Å². The number of esters is 1. The summed E-state index contributed by atoms with van der Waals surface area (Å²) in [5, 5.41) is 1.03. The molecule has 0 saturated heterocycles. The van der Waals surface area contributed by atoms with Gasteiger partial charge in [0, 0.05) is 16.6 Å². The van der Waals surface area contributed by atoms with Gasteiger partial charge in [0.05, 0.1) is 18.8 Å². The average molecular weight is 267 g/mol. The van der Waals surface area contributed by atoms with Crippen molar-refractivity contribution in [3.05, 3.63) is 47.9 Å². The fourth-order valence-electron chi connectivity index (χ4n) is 2.06. The summed E-state index contributed by atoms with van der Waals surface area (Å²) in [4.78, 5) is 23.0. The third-order valence-corrected chi connectivity index (χ3v) is 3.08. The molecule has 2 aromatic heterocycles. The zero-order chi connectivity index (χ0) is 14.1. The molecule has 0 radical (unpaired) electrons. The topological polar surface area (TPSA) is 67.9 Å². The molecule has 0 spiro atoms. The number of pyridine rings is 1. The number of fused-ring (bicyclic) bond motifs is 1. The Bertz CT molecular complexity index is 793. The lowest BCUT2D eigenvalue weighted by Crippen LogP contribution is -2.00. The Kier molecular flexibility index (Phi) is 2.95. The first-order valence-corrected chi connectivity index (χ1v) is 6.18. The fraction of sp³-hybridized carbons (Fsp3) is 0.133. The van der Waals surface area contributed by atoms with E-state index in [4.69, 9.17) is 0 Å². The Labute approximate surface area is 115 Å². The van der Waals surface area contributed by atoms with Gasteiger partial charge in [0.1, 0.15) is 11.5 Å². The normalized spacial score (nSPS) is 10.7. The summed E-state index contributed by atoms with van der Waals surface area (Å²) >= 11 is 0. The largest absolute Gasteiger partial charge is 0.464 e. The van der Waals surface area contributed by atoms with Gasteiger partial charge in [0.2, 0.25) is 0 Å². The molecule has 0 aliphatic carbocycles. The number of rotatable bonds is 2. The molecule has 3 rings (SSSR count). The molecule has 1 N–H and O–H groups in total. The van der Waals surface area contributed by atoms with Gasteiger partial charge < -0.3 is 9.72 Å². The van der Waals surface area contributed by atoms with E-state index in [-0.39, 0.29) is 0 Å². The predicted molar refractivity (Wildman–Crippen MR) is 75.4 cm³/mol. The second kappa shape index (κ2) is 4.77. The van der Waals surface area contributed by atoms with E-state index >= 15 is 0 Å². The second-order valence-corrected chi connectivity index (χ2v) is 4.50. The van der Waals surface area contributed by atoms with E-state index < -0.39 is 5.97 Å². The number of carbonyl (C=O) groups excluding carboxylic acids is 1. The molecule has 100 valence electrons. The zero-order valence-corrected chi connectivity index (χ0v) is 11.2. The molecule has 0 unspecified atom stereocenters. The molecular formula is C15H13N3O2. The minimum absolute atomic E-state index is 0.338. The summed E-state index contributed by atoms with van der Waals surface area (Å²) in [5.74, 6) is 0.203. The predicted octanol–water partition coefficient (Wildman–Crippen LogP) is 2.72. The zero-order valence-electron chi connectivity index (χ0n) is 11.2. The Balaban J connectivity index is 2.03. The number of aromatic amines is 1. The van der Waals surface area contributed by atoms with Crippen LogP contribution in [-0.4, -0.2) is 28.0 Å². The first-order valence-electron chi connectivity index (χ1n) is 6.18. The van der Waals surface area contributed by atoms with Crippen LogP contribution in [-0.2, 0) is 4.74 Å². The third kappa shape index (κ3) is 2.14. The van der Waals surface area contributed by atoms with Crippen LogP contribution in [0, 0.1) is 6.92 Å². The summed E-state index contributed by atoms with van der Waals surface area (Å²) in [6.07, 6.45) is 1.47. The Hall–Kier alpha value is -2.69. The lowest BCUT2D eigenvalue weighted by Gasteiger charge is -2.02. The number of nitrogens with zero attached hydrogens (tertiary/aromatic N) is 2. The number of ether oxygens (including phenoxy) is 1. The van der Waals surface area contributed by atoms with Crippen molar-refractivity contribution in [3.63, 3.8) is 0 Å². The van der Waals surface area contributed by atoms with Crippen molar-refractivity contribution in [1.29, 1.82) is 0 Å². The maximum atomic E-state index is 11.4. The number of nitrogens with one attached hydrogen (secondary N) is 1. The number of H-pyrrole nitrogens is 1. The van der Waals surface area contributed by atoms with Crippen LogP contribution in [0.25, 0.3) is 22.3 Å². The average Bonchev–Trinajstić information content (AvgIpc) is 2.95. The number of hydrogen-bond donors (Lipinski definition) is 1. The summed E-state index contributed by atoms with van der Waals surface area (Å²) in [6.45, 7) is 1.96. The van der Waals surface area contributed by atoms with Crippen LogP contribution in [0.1, 0.15) is 16.2 Å². The SMILES string of the molecule is COC(=O)c1cnc(-c2ccc3nc(C)ccc3c2)[nH]1. The lowest BCUT2D eigenvalue weighted by molar-refractivity contribution is 0.0595. The Morgan fingerprint density at radius 2 is 2.10 bits per heavy atom. The molecular weight excluding hydrogens is 254 g/mol. The summed E-state index contributed by atoms with van der Waals surface area (Å²) in [6, 6.07) is 9.84. The molecule has 0 fully saturated rings. The smallest absolute Gasteiger partial charge is 0.356 e. The number of benzene rings is 1. The van der Waals surface area contributed by atoms with Crippen LogP contribution in [0.15, 0.2) is 36.5 Å². The van der Waals surface area contributed by atoms with Crippen LogP contribution in [0.4, 0.5) is 0 Å². The van der Waals surface area contributed by atoms with Crippen molar-refractivity contribution in [1.82, 2.24) is 15.0 Å². The highest BCUT2D eigenvalue weighted by Crippen LogP contribution is 2.21. The highest BCUT2D eigenvalue weighted by molar-refractivity contribution is 5.88. The molecule has 0 bridgehead atoms. The highest BCUT2D eigenvalue weighted by Gasteiger charge is 2.10. The lowest BCUT2D eigenvalue weighted by atomic mass is 10.1. The van der Waals surface area contributed by atoms with Crippen molar-refractivity contribution in [2.24, 2.45) is 0 Å². The van der Waals surface area contributed by atoms with Crippen LogP contribution < -0.4 is 0 Å². The number of imidazole rings is 1. The van der Waals surface area contributed by atoms with Gasteiger partial charge in [-0.25, -0.2) is 9.78 Å². The quantitative estimate of drug-likeness (QED) is 0.725. The number of aromatic nitrogens is 3. The van der Waals surface area contributed by atoms with E-state index in [0.29, 0.717) is 11.5 Å². The van der Waals surface area contributed by atoms with Gasteiger partial charge in [-0.3, -0.25) is 4.98 Å². The molecule has 5 nitrogen and oxygen atoms in total. The summed E-state index contributed by atoms with van der Waals surface area (Å²) in [7, 11) is 1.34. The maximum absolute atomic E-state index is 11.4. The second-order valence-electron chi connectivity index (χ2n) is 4.50. The first kappa shape index (κ1) is 12.3. The standard InChI is InChI=1S/C15H13N3O2/c1-9-3-4-10-7-11(5-6-12(10)17-9)14-16-8-13(18-14)15(19)20-2/h3-8H,1-2H3,(H,16,18). The third-order valence-electron chi connectivity index (χ3n) is 3.08. The molecule has 0 saturated carbocycles. The Morgan fingerprint density at radius 3 is 2.90 bits per heavy atom. The number of carbonyl (C=O) groups is 1. The Morgan fingerprint density at radius 1 is 1.25 bits per heavy atom. The fourth-order valence-corrected chi connectivity index (χ4v) is 2.06. The maximum Gasteiger partial charge on any atom is 0.356 e.